The van der Waals surface area contributed by atoms with E-state index in [1.165, 1.54) is 12.1 Å². The van der Waals surface area contributed by atoms with E-state index in [1.807, 2.05) is 31.0 Å². The SMILES string of the molecule is CCN(CC)C(=O)c1ccc(N/C(=N/C#N)N2CCC(C(O)(c3ccccc3)c3ccc(C(F)(F)F)cc3)CC2)cc1. The molecule has 1 unspecified atom stereocenters. The number of guanidine groups is 1. The molecule has 1 saturated heterocycles. The number of piperidine rings is 1. The Labute approximate surface area is 243 Å². The van der Waals surface area contributed by atoms with Crippen molar-refractivity contribution >= 4 is 17.6 Å². The van der Waals surface area contributed by atoms with Crippen LogP contribution in [0.2, 0.25) is 0 Å². The third-order valence-electron chi connectivity index (χ3n) is 7.85. The lowest BCUT2D eigenvalue weighted by Gasteiger charge is -2.43. The Hall–Kier alpha value is -4.36. The van der Waals surface area contributed by atoms with Crippen molar-refractivity contribution in [2.24, 2.45) is 10.9 Å². The molecule has 1 aliphatic heterocycles. The first-order valence-corrected chi connectivity index (χ1v) is 14.0. The van der Waals surface area contributed by atoms with Crippen LogP contribution in [0.5, 0.6) is 0 Å². The van der Waals surface area contributed by atoms with E-state index in [1.54, 1.807) is 53.4 Å². The van der Waals surface area contributed by atoms with Crippen molar-refractivity contribution < 1.29 is 23.1 Å². The fraction of sp³-hybridized carbons (Fsp3) is 0.344. The maximum atomic E-state index is 13.2. The van der Waals surface area contributed by atoms with E-state index < -0.39 is 17.3 Å². The Morgan fingerprint density at radius 3 is 2.02 bits per heavy atom. The van der Waals surface area contributed by atoms with Crippen LogP contribution in [0.3, 0.4) is 0 Å². The number of anilines is 1. The van der Waals surface area contributed by atoms with Crippen molar-refractivity contribution in [1.82, 2.24) is 9.80 Å². The number of rotatable bonds is 7. The van der Waals surface area contributed by atoms with Gasteiger partial charge in [0.25, 0.3) is 5.91 Å². The Morgan fingerprint density at radius 1 is 0.952 bits per heavy atom. The molecule has 10 heteroatoms. The van der Waals surface area contributed by atoms with Crippen LogP contribution in [0.25, 0.3) is 0 Å². The summed E-state index contributed by atoms with van der Waals surface area (Å²) in [7, 11) is 0. The minimum Gasteiger partial charge on any atom is -0.380 e. The lowest BCUT2D eigenvalue weighted by atomic mass is 9.72. The molecule has 3 aromatic carbocycles. The number of nitrogens with one attached hydrogen (secondary N) is 1. The molecule has 0 radical (unpaired) electrons. The van der Waals surface area contributed by atoms with Gasteiger partial charge in [0.05, 0.1) is 5.56 Å². The van der Waals surface area contributed by atoms with E-state index in [4.69, 9.17) is 0 Å². The molecule has 0 bridgehead atoms. The van der Waals surface area contributed by atoms with E-state index in [2.05, 4.69) is 10.3 Å². The van der Waals surface area contributed by atoms with Crippen molar-refractivity contribution in [2.45, 2.75) is 38.5 Å². The minimum atomic E-state index is -4.47. The monoisotopic (exact) mass is 577 g/mol. The van der Waals surface area contributed by atoms with Gasteiger partial charge < -0.3 is 20.2 Å². The van der Waals surface area contributed by atoms with Crippen molar-refractivity contribution in [1.29, 1.82) is 5.26 Å². The van der Waals surface area contributed by atoms with E-state index in [9.17, 15) is 28.3 Å². The Bertz CT molecular complexity index is 1410. The Morgan fingerprint density at radius 2 is 1.50 bits per heavy atom. The number of aliphatic imine (C=N–C) groups is 1. The summed E-state index contributed by atoms with van der Waals surface area (Å²) in [5.74, 6) is -0.0170. The van der Waals surface area contributed by atoms with Crippen molar-refractivity contribution in [2.75, 3.05) is 31.5 Å². The van der Waals surface area contributed by atoms with E-state index >= 15 is 0 Å². The molecule has 1 amide bonds. The zero-order chi connectivity index (χ0) is 30.3. The molecule has 220 valence electrons. The summed E-state index contributed by atoms with van der Waals surface area (Å²) in [6.45, 7) is 5.98. The third-order valence-corrected chi connectivity index (χ3v) is 7.85. The summed E-state index contributed by atoms with van der Waals surface area (Å²) in [6, 6.07) is 20.6. The lowest BCUT2D eigenvalue weighted by molar-refractivity contribution is -0.137. The number of hydrogen-bond acceptors (Lipinski definition) is 4. The molecule has 1 atom stereocenters. The number of halogens is 3. The maximum absolute atomic E-state index is 13.2. The molecule has 0 aliphatic carbocycles. The van der Waals surface area contributed by atoms with Gasteiger partial charge in [0, 0.05) is 37.4 Å². The molecule has 3 aromatic rings. The van der Waals surface area contributed by atoms with Gasteiger partial charge in [0.1, 0.15) is 5.60 Å². The van der Waals surface area contributed by atoms with Gasteiger partial charge in [-0.1, -0.05) is 42.5 Å². The highest BCUT2D eigenvalue weighted by atomic mass is 19.4. The van der Waals surface area contributed by atoms with Gasteiger partial charge in [-0.05, 0) is 80.1 Å². The van der Waals surface area contributed by atoms with Gasteiger partial charge >= 0.3 is 6.18 Å². The van der Waals surface area contributed by atoms with Crippen LogP contribution in [0.4, 0.5) is 18.9 Å². The van der Waals surface area contributed by atoms with Crippen molar-refractivity contribution in [3.8, 4) is 6.19 Å². The van der Waals surface area contributed by atoms with E-state index in [0.29, 0.717) is 67.4 Å². The first-order valence-electron chi connectivity index (χ1n) is 14.0. The molecule has 1 heterocycles. The molecule has 2 N–H and O–H groups in total. The predicted octanol–water partition coefficient (Wildman–Crippen LogP) is 6.08. The summed E-state index contributed by atoms with van der Waals surface area (Å²) in [5, 5.41) is 24.7. The topological polar surface area (TPSA) is 92.0 Å². The van der Waals surface area contributed by atoms with Crippen LogP contribution in [0.1, 0.15) is 53.7 Å². The van der Waals surface area contributed by atoms with Crippen LogP contribution < -0.4 is 5.32 Å². The van der Waals surface area contributed by atoms with Gasteiger partial charge in [-0.15, -0.1) is 4.99 Å². The molecular formula is C32H34F3N5O2. The predicted molar refractivity (Wildman–Crippen MR) is 156 cm³/mol. The molecule has 0 aromatic heterocycles. The molecule has 0 spiro atoms. The minimum absolute atomic E-state index is 0.0570. The number of nitrogens with zero attached hydrogens (tertiary/aromatic N) is 4. The second-order valence-electron chi connectivity index (χ2n) is 10.2. The number of likely N-dealkylation sites (tertiary alicyclic amines) is 1. The van der Waals surface area contributed by atoms with Crippen molar-refractivity contribution in [3.63, 3.8) is 0 Å². The number of nitriles is 1. The fourth-order valence-corrected chi connectivity index (χ4v) is 5.50. The summed E-state index contributed by atoms with van der Waals surface area (Å²) in [5.41, 5.74) is -0.0643. The lowest BCUT2D eigenvalue weighted by Crippen LogP contribution is -2.47. The fourth-order valence-electron chi connectivity index (χ4n) is 5.50. The smallest absolute Gasteiger partial charge is 0.380 e. The summed E-state index contributed by atoms with van der Waals surface area (Å²) in [4.78, 5) is 20.3. The van der Waals surface area contributed by atoms with Gasteiger partial charge in [-0.25, -0.2) is 0 Å². The van der Waals surface area contributed by atoms with Gasteiger partial charge in [-0.2, -0.15) is 18.4 Å². The summed E-state index contributed by atoms with van der Waals surface area (Å²) >= 11 is 0. The zero-order valence-electron chi connectivity index (χ0n) is 23.6. The molecule has 1 fully saturated rings. The number of hydrogen-bond donors (Lipinski definition) is 2. The van der Waals surface area contributed by atoms with Gasteiger partial charge in [0.15, 0.2) is 0 Å². The van der Waals surface area contributed by atoms with Crippen LogP contribution >= 0.6 is 0 Å². The Kier molecular flexibility index (Phi) is 9.53. The zero-order valence-corrected chi connectivity index (χ0v) is 23.6. The van der Waals surface area contributed by atoms with Crippen LogP contribution in [0, 0.1) is 17.4 Å². The number of carbonyl (C=O) groups is 1. The van der Waals surface area contributed by atoms with Crippen molar-refractivity contribution in [3.05, 3.63) is 101 Å². The third kappa shape index (κ3) is 6.58. The van der Waals surface area contributed by atoms with E-state index in [-0.39, 0.29) is 11.8 Å². The number of alkyl halides is 3. The van der Waals surface area contributed by atoms with Crippen LogP contribution in [-0.2, 0) is 11.8 Å². The molecule has 1 aliphatic rings. The second kappa shape index (κ2) is 13.1. The highest BCUT2D eigenvalue weighted by molar-refractivity contribution is 5.97. The number of carbonyl (C=O) groups excluding carboxylic acids is 1. The number of aliphatic hydroxyl groups is 1. The van der Waals surface area contributed by atoms with Crippen LogP contribution in [-0.4, -0.2) is 53.0 Å². The second-order valence-corrected chi connectivity index (χ2v) is 10.2. The molecule has 7 nitrogen and oxygen atoms in total. The largest absolute Gasteiger partial charge is 0.416 e. The van der Waals surface area contributed by atoms with Crippen LogP contribution in [0.15, 0.2) is 83.9 Å². The highest BCUT2D eigenvalue weighted by Gasteiger charge is 2.42. The normalized spacial score (nSPS) is 15.9. The Balaban J connectivity index is 1.51. The quantitative estimate of drug-likeness (QED) is 0.202. The van der Waals surface area contributed by atoms with E-state index in [0.717, 1.165) is 12.1 Å². The van der Waals surface area contributed by atoms with Gasteiger partial charge in [0.2, 0.25) is 12.2 Å². The average Bonchev–Trinajstić information content (AvgIpc) is 3.01. The first-order chi connectivity index (χ1) is 20.1. The highest BCUT2D eigenvalue weighted by Crippen LogP contribution is 2.43. The molecule has 4 rings (SSSR count). The average molecular weight is 578 g/mol. The number of amides is 1. The van der Waals surface area contributed by atoms with Gasteiger partial charge in [-0.3, -0.25) is 4.79 Å². The summed E-state index contributed by atoms with van der Waals surface area (Å²) < 4.78 is 39.7. The first kappa shape index (κ1) is 30.6. The molecular weight excluding hydrogens is 543 g/mol. The molecule has 42 heavy (non-hydrogen) atoms. The number of benzene rings is 3. The summed E-state index contributed by atoms with van der Waals surface area (Å²) in [6.07, 6.45) is -1.64. The molecule has 0 saturated carbocycles. The maximum Gasteiger partial charge on any atom is 0.416 e. The standard InChI is InChI=1S/C32H34F3N5O2/c1-3-39(4-2)29(41)23-10-16-28(17-11-23)38-30(37-22-36)40-20-18-26(19-21-40)31(42,24-8-6-5-7-9-24)25-12-14-27(15-13-25)32(33,34)35/h5-17,26,42H,3-4,18-21H2,1-2H3,(H,37,38).